The van der Waals surface area contributed by atoms with Crippen molar-refractivity contribution in [1.82, 2.24) is 20.4 Å². The fraction of sp³-hybridized carbons (Fsp3) is 0.484. The largest absolute Gasteiger partial charge is 0.460 e. The van der Waals surface area contributed by atoms with Crippen molar-refractivity contribution in [2.45, 2.75) is 156 Å². The number of rotatable bonds is 12. The summed E-state index contributed by atoms with van der Waals surface area (Å²) in [6.45, 7) is 25.8. The molecule has 0 aliphatic carbocycles. The van der Waals surface area contributed by atoms with E-state index in [0.717, 1.165) is 11.1 Å². The number of hydrogen-bond donors (Lipinski definition) is 2. The summed E-state index contributed by atoms with van der Waals surface area (Å²) in [7, 11) is 0. The topological polar surface area (TPSA) is 202 Å². The van der Waals surface area contributed by atoms with Crippen molar-refractivity contribution < 1.29 is 47.8 Å². The van der Waals surface area contributed by atoms with Gasteiger partial charge in [0.25, 0.3) is 23.6 Å². The van der Waals surface area contributed by atoms with Gasteiger partial charge in [-0.05, 0) is 124 Å². The fourth-order valence-corrected chi connectivity index (χ4v) is 11.7. The summed E-state index contributed by atoms with van der Waals surface area (Å²) in [4.78, 5) is 95.4. The highest BCUT2D eigenvalue weighted by molar-refractivity contribution is 6.48. The molecule has 20 heteroatoms. The molecule has 0 aromatic heterocycles. The van der Waals surface area contributed by atoms with Gasteiger partial charge in [0.2, 0.25) is 0 Å². The second-order valence-electron chi connectivity index (χ2n) is 24.0. The molecule has 440 valence electrons. The van der Waals surface area contributed by atoms with E-state index in [1.54, 1.807) is 81.4 Å². The summed E-state index contributed by atoms with van der Waals surface area (Å²) in [6, 6.07) is 24.1. The van der Waals surface area contributed by atoms with Crippen LogP contribution >= 0.6 is 46.4 Å². The molecule has 2 saturated heterocycles. The van der Waals surface area contributed by atoms with E-state index in [2.05, 4.69) is 52.2 Å². The minimum atomic E-state index is -0.811. The van der Waals surface area contributed by atoms with E-state index in [1.807, 2.05) is 54.8 Å². The molecule has 2 fully saturated rings. The van der Waals surface area contributed by atoms with E-state index in [0.29, 0.717) is 99.2 Å². The monoisotopic (exact) mass is 1200 g/mol. The Labute approximate surface area is 501 Å². The van der Waals surface area contributed by atoms with Gasteiger partial charge in [-0.25, -0.2) is 0 Å². The smallest absolute Gasteiger partial charge is 0.373 e. The van der Waals surface area contributed by atoms with Gasteiger partial charge >= 0.3 is 12.1 Å². The van der Waals surface area contributed by atoms with E-state index in [-0.39, 0.29) is 83.8 Å². The first-order valence-corrected chi connectivity index (χ1v) is 28.9. The lowest BCUT2D eigenvalue weighted by molar-refractivity contribution is -0.191. The number of hydrogen-bond acceptors (Lipinski definition) is 12. The Morgan fingerprint density at radius 1 is 0.634 bits per heavy atom. The third kappa shape index (κ3) is 15.8. The molecule has 82 heavy (non-hydrogen) atoms. The second kappa shape index (κ2) is 26.7. The van der Waals surface area contributed by atoms with E-state index in [4.69, 9.17) is 80.2 Å². The number of esters is 1. The van der Waals surface area contributed by atoms with Gasteiger partial charge in [-0.3, -0.25) is 34.0 Å². The lowest BCUT2D eigenvalue weighted by atomic mass is 9.80. The van der Waals surface area contributed by atoms with Gasteiger partial charge in [-0.1, -0.05) is 112 Å². The fourth-order valence-electron chi connectivity index (χ4n) is 10.6. The number of nitrogens with zero attached hydrogens (tertiary/aromatic N) is 4. The Balaban J connectivity index is 0.000000255. The average Bonchev–Trinajstić information content (AvgIpc) is 2.01. The molecule has 16 nitrogen and oxygen atoms in total. The van der Waals surface area contributed by atoms with Crippen molar-refractivity contribution in [3.63, 3.8) is 0 Å². The van der Waals surface area contributed by atoms with Gasteiger partial charge < -0.3 is 34.6 Å². The Bertz CT molecular complexity index is 3070. The molecule has 4 heterocycles. The lowest BCUT2D eigenvalue weighted by Gasteiger charge is -2.47. The van der Waals surface area contributed by atoms with E-state index in [9.17, 15) is 24.0 Å². The Morgan fingerprint density at radius 2 is 0.988 bits per heavy atom. The summed E-state index contributed by atoms with van der Waals surface area (Å²) in [5, 5.41) is 7.34. The van der Waals surface area contributed by atoms with E-state index in [1.165, 1.54) is 0 Å². The number of nitrogens with one attached hydrogen (secondary N) is 2. The molecular formula is C62H74Cl4N6O10. The molecular weight excluding hydrogens is 1130 g/mol. The van der Waals surface area contributed by atoms with Crippen molar-refractivity contribution >= 4 is 93.6 Å². The van der Waals surface area contributed by atoms with Gasteiger partial charge in [0.15, 0.2) is 0 Å². The maximum absolute atomic E-state index is 14.2. The highest BCUT2D eigenvalue weighted by Gasteiger charge is 2.55. The molecule has 0 radical (unpaired) electrons. The van der Waals surface area contributed by atoms with Gasteiger partial charge in [0.05, 0.1) is 43.9 Å². The van der Waals surface area contributed by atoms with Crippen molar-refractivity contribution in [3.05, 3.63) is 138 Å². The van der Waals surface area contributed by atoms with Crippen LogP contribution in [0.25, 0.3) is 0 Å². The predicted octanol–water partition coefficient (Wildman–Crippen LogP) is 12.2. The Morgan fingerprint density at radius 3 is 1.32 bits per heavy atom. The number of benzene rings is 4. The predicted molar refractivity (Wildman–Crippen MR) is 318 cm³/mol. The quantitative estimate of drug-likeness (QED) is 0.129. The van der Waals surface area contributed by atoms with Crippen LogP contribution in [0, 0.1) is 10.8 Å². The van der Waals surface area contributed by atoms with Crippen molar-refractivity contribution in [3.8, 4) is 0 Å². The number of amides is 4. The summed E-state index contributed by atoms with van der Waals surface area (Å²) < 4.78 is 17.6. The van der Waals surface area contributed by atoms with Crippen LogP contribution in [-0.4, -0.2) is 112 Å². The van der Waals surface area contributed by atoms with Crippen LogP contribution in [0.5, 0.6) is 0 Å². The van der Waals surface area contributed by atoms with Crippen LogP contribution in [0.15, 0.2) is 94.9 Å². The normalized spacial score (nSPS) is 21.5. The molecule has 4 aromatic rings. The first-order valence-electron chi connectivity index (χ1n) is 27.4. The zero-order valence-electron chi connectivity index (χ0n) is 48.6. The molecule has 2 N–H and O–H groups in total. The summed E-state index contributed by atoms with van der Waals surface area (Å²) in [5.41, 5.74) is 2.29. The maximum Gasteiger partial charge on any atom is 0.373 e. The highest BCUT2D eigenvalue weighted by Crippen LogP contribution is 2.48. The molecule has 4 unspecified atom stereocenters. The number of halogens is 4. The SMILES string of the molecule is CCNC(=O)c1ccc([C@@H](C)N2C(=O)C(c3cc(Cl)cc(Cl)c3)=NC23CCOC(C(C)(C)C)C3)cc1.C[C@H](c1ccc(C(=O)NCCC(=O)OC(C)(C)C)cc1)N1C(=O)C(c2cc(Cl)cc(Cl)c2)=NC12CCOC(C(C)(C)C)C2.O=C=O. The van der Waals surface area contributed by atoms with Crippen LogP contribution in [0.1, 0.15) is 170 Å². The van der Waals surface area contributed by atoms with Crippen LogP contribution in [0.4, 0.5) is 0 Å². The standard InChI is InChI=1S/C33H41Cl2N3O5.C28H33Cl2N3O3.CO2/c1-20(21-8-10-22(11-9-21)29(40)36-14-12-27(39)43-32(5,6)7)38-30(41)28(23-16-24(34)18-25(35)17-23)37-33(38)13-15-42-26(19-33)31(2,3)4;1-6-31-25(34)19-9-7-18(8-10-19)17(2)33-26(35)24(20-13-21(29)15-22(30)14-20)32-28(33)11-12-36-23(16-28)27(3,4)5;2-1-3/h8-11,16-18,20,26H,12-15,19H2,1-7H3,(H,36,40);7-10,13-15,17,23H,6,11-12,16H2,1-5H3,(H,31,34);/t20-,26?,33?;17-,23?,28?;/m11./s1. The van der Waals surface area contributed by atoms with Crippen LogP contribution in [0.3, 0.4) is 0 Å². The van der Waals surface area contributed by atoms with Gasteiger partial charge in [0, 0.05) is 81.1 Å². The number of carbonyl (C=O) groups is 5. The third-order valence-electron chi connectivity index (χ3n) is 14.7. The summed E-state index contributed by atoms with van der Waals surface area (Å²) in [5.74, 6) is -1.15. The first kappa shape index (κ1) is 65.2. The molecule has 0 saturated carbocycles. The number of aliphatic imine (C=N–C) groups is 2. The van der Waals surface area contributed by atoms with Crippen LogP contribution < -0.4 is 10.6 Å². The molecule has 4 aliphatic rings. The molecule has 4 aliphatic heterocycles. The van der Waals surface area contributed by atoms with E-state index < -0.39 is 16.9 Å². The molecule has 0 bridgehead atoms. The Kier molecular flexibility index (Phi) is 21.2. The van der Waals surface area contributed by atoms with Gasteiger partial charge in [-0.15, -0.1) is 0 Å². The Hall–Kier alpha value is -5.97. The third-order valence-corrected chi connectivity index (χ3v) is 15.6. The zero-order valence-corrected chi connectivity index (χ0v) is 51.7. The molecule has 8 rings (SSSR count). The summed E-state index contributed by atoms with van der Waals surface area (Å²) in [6.07, 6.45) is 2.41. The van der Waals surface area contributed by atoms with Crippen molar-refractivity contribution in [2.75, 3.05) is 26.3 Å². The van der Waals surface area contributed by atoms with Crippen molar-refractivity contribution in [1.29, 1.82) is 0 Å². The highest BCUT2D eigenvalue weighted by atomic mass is 35.5. The molecule has 4 amide bonds. The lowest BCUT2D eigenvalue weighted by Crippen LogP contribution is -2.55. The number of ether oxygens (including phenoxy) is 3. The zero-order chi connectivity index (χ0) is 60.7. The number of carbonyl (C=O) groups excluding carboxylic acids is 7. The van der Waals surface area contributed by atoms with Crippen LogP contribution in [0.2, 0.25) is 20.1 Å². The summed E-state index contributed by atoms with van der Waals surface area (Å²) >= 11 is 25.2. The van der Waals surface area contributed by atoms with E-state index >= 15 is 0 Å². The molecule has 2 spiro atoms. The minimum Gasteiger partial charge on any atom is -0.460 e. The minimum absolute atomic E-state index is 0.0695. The average molecular weight is 1210 g/mol. The second-order valence-corrected chi connectivity index (χ2v) is 25.8. The first-order chi connectivity index (χ1) is 38.3. The molecule has 6 atom stereocenters. The van der Waals surface area contributed by atoms with Crippen LogP contribution in [-0.2, 0) is 38.2 Å². The van der Waals surface area contributed by atoms with Crippen molar-refractivity contribution in [2.24, 2.45) is 20.8 Å². The maximum atomic E-state index is 14.2. The van der Waals surface area contributed by atoms with Gasteiger partial charge in [-0.2, -0.15) is 9.59 Å². The van der Waals surface area contributed by atoms with Gasteiger partial charge in [0.1, 0.15) is 28.4 Å². The molecule has 4 aromatic carbocycles.